The number of carbonyl (C=O) groups is 1. The number of carbonyl (C=O) groups excluding carboxylic acids is 1. The van der Waals surface area contributed by atoms with Crippen LogP contribution in [0.25, 0.3) is 0 Å². The van der Waals surface area contributed by atoms with Crippen molar-refractivity contribution in [2.24, 2.45) is 5.92 Å². The van der Waals surface area contributed by atoms with Crippen LogP contribution >= 0.6 is 0 Å². The molecule has 130 valence electrons. The Morgan fingerprint density at radius 3 is 2.92 bits per heavy atom. The number of hydrogen-bond acceptors (Lipinski definition) is 5. The summed E-state index contributed by atoms with van der Waals surface area (Å²) >= 11 is 0. The first kappa shape index (κ1) is 17.9. The van der Waals surface area contributed by atoms with Crippen LogP contribution in [0.15, 0.2) is 30.4 Å². The van der Waals surface area contributed by atoms with Crippen LogP contribution in [0.3, 0.4) is 0 Å². The molecule has 0 aliphatic carbocycles. The van der Waals surface area contributed by atoms with E-state index in [1.807, 2.05) is 6.92 Å². The maximum atomic E-state index is 12.5. The number of nitrogens with zero attached hydrogens (tertiary/aromatic N) is 1. The standard InChI is InChI=1S/C17H22N2O5/c1-4-23-14-7-5-6-13(19(21)22)15(14)17(20)18-10-12-8-9-24-16(12)11(2)3/h5-7,12,16H,2,4,8-10H2,1,3H3,(H,18,20)/t12-,16+/m1/s1. The summed E-state index contributed by atoms with van der Waals surface area (Å²) in [5.74, 6) is -0.189. The second-order valence-electron chi connectivity index (χ2n) is 5.74. The minimum absolute atomic E-state index is 0.0462. The van der Waals surface area contributed by atoms with Crippen molar-refractivity contribution in [3.63, 3.8) is 0 Å². The SMILES string of the molecule is C=C(C)[C@@H]1OCC[C@@H]1CNC(=O)c1c(OCC)cccc1[N+](=O)[O-]. The summed E-state index contributed by atoms with van der Waals surface area (Å²) in [6, 6.07) is 4.36. The summed E-state index contributed by atoms with van der Waals surface area (Å²) in [6.07, 6.45) is 0.718. The van der Waals surface area contributed by atoms with Gasteiger partial charge in [-0.1, -0.05) is 18.2 Å². The van der Waals surface area contributed by atoms with Crippen LogP contribution < -0.4 is 10.1 Å². The largest absolute Gasteiger partial charge is 0.493 e. The molecule has 0 aromatic heterocycles. The van der Waals surface area contributed by atoms with E-state index in [0.717, 1.165) is 12.0 Å². The van der Waals surface area contributed by atoms with Gasteiger partial charge in [0, 0.05) is 25.1 Å². The normalized spacial score (nSPS) is 19.8. The number of rotatable bonds is 7. The molecule has 2 rings (SSSR count). The first-order valence-electron chi connectivity index (χ1n) is 7.91. The molecular formula is C17H22N2O5. The predicted octanol–water partition coefficient (Wildman–Crippen LogP) is 2.70. The van der Waals surface area contributed by atoms with Gasteiger partial charge in [0.25, 0.3) is 11.6 Å². The van der Waals surface area contributed by atoms with Crippen molar-refractivity contribution in [2.75, 3.05) is 19.8 Å². The lowest BCUT2D eigenvalue weighted by molar-refractivity contribution is -0.385. The van der Waals surface area contributed by atoms with Crippen molar-refractivity contribution < 1.29 is 19.2 Å². The molecule has 0 spiro atoms. The molecule has 1 N–H and O–H groups in total. The zero-order chi connectivity index (χ0) is 17.7. The Morgan fingerprint density at radius 1 is 1.54 bits per heavy atom. The number of ether oxygens (including phenoxy) is 2. The van der Waals surface area contributed by atoms with Gasteiger partial charge < -0.3 is 14.8 Å². The van der Waals surface area contributed by atoms with E-state index >= 15 is 0 Å². The lowest BCUT2D eigenvalue weighted by Gasteiger charge is -2.19. The molecule has 1 heterocycles. The van der Waals surface area contributed by atoms with Gasteiger partial charge in [-0.15, -0.1) is 0 Å². The van der Waals surface area contributed by atoms with E-state index in [4.69, 9.17) is 9.47 Å². The maximum Gasteiger partial charge on any atom is 0.285 e. The topological polar surface area (TPSA) is 90.7 Å². The van der Waals surface area contributed by atoms with Gasteiger partial charge in [-0.25, -0.2) is 0 Å². The number of hydrogen-bond donors (Lipinski definition) is 1. The van der Waals surface area contributed by atoms with Crippen LogP contribution in [0.5, 0.6) is 5.75 Å². The third-order valence-electron chi connectivity index (χ3n) is 3.95. The molecule has 1 fully saturated rings. The van der Waals surface area contributed by atoms with Gasteiger partial charge in [-0.3, -0.25) is 14.9 Å². The van der Waals surface area contributed by atoms with Gasteiger partial charge >= 0.3 is 0 Å². The highest BCUT2D eigenvalue weighted by molar-refractivity contribution is 6.00. The minimum Gasteiger partial charge on any atom is -0.493 e. The smallest absolute Gasteiger partial charge is 0.285 e. The fourth-order valence-corrected chi connectivity index (χ4v) is 2.88. The Morgan fingerprint density at radius 2 is 2.29 bits per heavy atom. The van der Waals surface area contributed by atoms with Crippen molar-refractivity contribution in [3.8, 4) is 5.75 Å². The van der Waals surface area contributed by atoms with Crippen molar-refractivity contribution in [1.82, 2.24) is 5.32 Å². The van der Waals surface area contributed by atoms with Gasteiger partial charge in [0.15, 0.2) is 5.56 Å². The molecule has 7 heteroatoms. The zero-order valence-corrected chi connectivity index (χ0v) is 13.9. The molecule has 0 saturated carbocycles. The first-order chi connectivity index (χ1) is 11.5. The number of amides is 1. The fraction of sp³-hybridized carbons (Fsp3) is 0.471. The van der Waals surface area contributed by atoms with E-state index in [1.165, 1.54) is 12.1 Å². The highest BCUT2D eigenvalue weighted by Gasteiger charge is 2.31. The zero-order valence-electron chi connectivity index (χ0n) is 13.9. The van der Waals surface area contributed by atoms with Gasteiger partial charge in [0.1, 0.15) is 5.75 Å². The summed E-state index contributed by atoms with van der Waals surface area (Å²) < 4.78 is 11.0. The monoisotopic (exact) mass is 334 g/mol. The van der Waals surface area contributed by atoms with Gasteiger partial charge in [-0.2, -0.15) is 0 Å². The molecular weight excluding hydrogens is 312 g/mol. The average Bonchev–Trinajstić information content (AvgIpc) is 3.01. The maximum absolute atomic E-state index is 12.5. The summed E-state index contributed by atoms with van der Waals surface area (Å²) in [4.78, 5) is 23.2. The van der Waals surface area contributed by atoms with Crippen LogP contribution in [0.2, 0.25) is 0 Å². The van der Waals surface area contributed by atoms with Gasteiger partial charge in [0.05, 0.1) is 17.6 Å². The second kappa shape index (κ2) is 7.92. The van der Waals surface area contributed by atoms with Gasteiger partial charge in [-0.05, 0) is 26.3 Å². The summed E-state index contributed by atoms with van der Waals surface area (Å²) in [5.41, 5.74) is 0.597. The molecule has 1 aromatic carbocycles. The number of nitro groups is 1. The van der Waals surface area contributed by atoms with Gasteiger partial charge in [0.2, 0.25) is 0 Å². The Balaban J connectivity index is 2.17. The Hall–Kier alpha value is -2.41. The van der Waals surface area contributed by atoms with E-state index in [2.05, 4.69) is 11.9 Å². The lowest BCUT2D eigenvalue weighted by atomic mass is 9.97. The highest BCUT2D eigenvalue weighted by Crippen LogP contribution is 2.29. The third-order valence-corrected chi connectivity index (χ3v) is 3.95. The van der Waals surface area contributed by atoms with E-state index in [1.54, 1.807) is 13.0 Å². The van der Waals surface area contributed by atoms with Crippen LogP contribution in [0, 0.1) is 16.0 Å². The molecule has 1 aliphatic rings. The predicted molar refractivity (Wildman–Crippen MR) is 89.3 cm³/mol. The van der Waals surface area contributed by atoms with E-state index in [0.29, 0.717) is 19.8 Å². The molecule has 24 heavy (non-hydrogen) atoms. The van der Waals surface area contributed by atoms with Crippen molar-refractivity contribution >= 4 is 11.6 Å². The molecule has 1 aliphatic heterocycles. The van der Waals surface area contributed by atoms with Crippen molar-refractivity contribution in [3.05, 3.63) is 46.0 Å². The van der Waals surface area contributed by atoms with Crippen molar-refractivity contribution in [1.29, 1.82) is 0 Å². The molecule has 7 nitrogen and oxygen atoms in total. The van der Waals surface area contributed by atoms with Crippen LogP contribution in [-0.2, 0) is 4.74 Å². The second-order valence-corrected chi connectivity index (χ2v) is 5.74. The van der Waals surface area contributed by atoms with E-state index in [-0.39, 0.29) is 29.0 Å². The Labute approximate surface area is 140 Å². The fourth-order valence-electron chi connectivity index (χ4n) is 2.88. The Kier molecular flexibility index (Phi) is 5.92. The van der Waals surface area contributed by atoms with Crippen LogP contribution in [-0.4, -0.2) is 36.7 Å². The van der Waals surface area contributed by atoms with Crippen LogP contribution in [0.1, 0.15) is 30.6 Å². The number of benzene rings is 1. The van der Waals surface area contributed by atoms with E-state index < -0.39 is 10.8 Å². The summed E-state index contributed by atoms with van der Waals surface area (Å²) in [5, 5.41) is 14.0. The molecule has 1 amide bonds. The average molecular weight is 334 g/mol. The molecule has 0 radical (unpaired) electrons. The number of nitrogens with one attached hydrogen (secondary N) is 1. The number of nitro benzene ring substituents is 1. The summed E-state index contributed by atoms with van der Waals surface area (Å²) in [7, 11) is 0. The third kappa shape index (κ3) is 3.91. The molecule has 0 unspecified atom stereocenters. The molecule has 0 bridgehead atoms. The highest BCUT2D eigenvalue weighted by atomic mass is 16.6. The minimum atomic E-state index is -0.577. The van der Waals surface area contributed by atoms with Crippen LogP contribution in [0.4, 0.5) is 5.69 Å². The summed E-state index contributed by atoms with van der Waals surface area (Å²) in [6.45, 7) is 8.85. The van der Waals surface area contributed by atoms with E-state index in [9.17, 15) is 14.9 Å². The molecule has 1 aromatic rings. The first-order valence-corrected chi connectivity index (χ1v) is 7.91. The molecule has 2 atom stereocenters. The lowest BCUT2D eigenvalue weighted by Crippen LogP contribution is -2.33. The quantitative estimate of drug-likeness (QED) is 0.470. The Bertz CT molecular complexity index is 644. The van der Waals surface area contributed by atoms with Crippen molar-refractivity contribution in [2.45, 2.75) is 26.4 Å². The molecule has 1 saturated heterocycles.